The first-order valence-electron chi connectivity index (χ1n) is 5.46. The van der Waals surface area contributed by atoms with Gasteiger partial charge in [0.1, 0.15) is 12.4 Å². The Labute approximate surface area is 100 Å². The van der Waals surface area contributed by atoms with Crippen molar-refractivity contribution in [2.45, 2.75) is 13.5 Å². The van der Waals surface area contributed by atoms with Crippen molar-refractivity contribution in [3.8, 4) is 5.75 Å². The molecule has 2 rings (SSSR count). The van der Waals surface area contributed by atoms with E-state index in [1.807, 2.05) is 49.9 Å². The SMILES string of the molecule is CNc1nnc(COc2ccc(C)cc2)n1C. The van der Waals surface area contributed by atoms with Gasteiger partial charge in [-0.1, -0.05) is 17.7 Å². The van der Waals surface area contributed by atoms with Crippen molar-refractivity contribution >= 4 is 5.95 Å². The third kappa shape index (κ3) is 2.55. The fourth-order valence-corrected chi connectivity index (χ4v) is 1.49. The predicted octanol–water partition coefficient (Wildman–Crippen LogP) is 1.74. The van der Waals surface area contributed by atoms with Gasteiger partial charge in [0.25, 0.3) is 0 Å². The van der Waals surface area contributed by atoms with Gasteiger partial charge in [-0.3, -0.25) is 4.57 Å². The van der Waals surface area contributed by atoms with Gasteiger partial charge in [-0.05, 0) is 19.1 Å². The average molecular weight is 232 g/mol. The quantitative estimate of drug-likeness (QED) is 0.872. The Bertz CT molecular complexity index is 490. The summed E-state index contributed by atoms with van der Waals surface area (Å²) in [4.78, 5) is 0. The van der Waals surface area contributed by atoms with Crippen LogP contribution in [0.25, 0.3) is 0 Å². The van der Waals surface area contributed by atoms with Crippen LogP contribution < -0.4 is 10.1 Å². The Hall–Kier alpha value is -2.04. The summed E-state index contributed by atoms with van der Waals surface area (Å²) in [5, 5.41) is 11.0. The zero-order valence-corrected chi connectivity index (χ0v) is 10.3. The molecule has 0 saturated heterocycles. The molecule has 0 aliphatic carbocycles. The number of hydrogen-bond donors (Lipinski definition) is 1. The van der Waals surface area contributed by atoms with Crippen molar-refractivity contribution in [2.24, 2.45) is 7.05 Å². The van der Waals surface area contributed by atoms with Gasteiger partial charge in [0.05, 0.1) is 0 Å². The van der Waals surface area contributed by atoms with Crippen molar-refractivity contribution in [3.05, 3.63) is 35.7 Å². The molecule has 0 spiro atoms. The third-order valence-electron chi connectivity index (χ3n) is 2.58. The van der Waals surface area contributed by atoms with E-state index >= 15 is 0 Å². The van der Waals surface area contributed by atoms with E-state index in [2.05, 4.69) is 15.5 Å². The van der Waals surface area contributed by atoms with Gasteiger partial charge in [0.2, 0.25) is 5.95 Å². The molecule has 1 N–H and O–H groups in total. The predicted molar refractivity (Wildman–Crippen MR) is 66.1 cm³/mol. The molecule has 0 radical (unpaired) electrons. The Morgan fingerprint density at radius 3 is 2.53 bits per heavy atom. The monoisotopic (exact) mass is 232 g/mol. The van der Waals surface area contributed by atoms with Crippen LogP contribution >= 0.6 is 0 Å². The highest BCUT2D eigenvalue weighted by atomic mass is 16.5. The van der Waals surface area contributed by atoms with E-state index < -0.39 is 0 Å². The van der Waals surface area contributed by atoms with E-state index in [1.165, 1.54) is 5.56 Å². The molecule has 0 aliphatic heterocycles. The minimum atomic E-state index is 0.411. The molecule has 5 nitrogen and oxygen atoms in total. The number of aryl methyl sites for hydroxylation is 1. The highest BCUT2D eigenvalue weighted by Gasteiger charge is 2.07. The van der Waals surface area contributed by atoms with Crippen LogP contribution in [0.3, 0.4) is 0 Å². The first kappa shape index (κ1) is 11.4. The number of nitrogens with zero attached hydrogens (tertiary/aromatic N) is 3. The molecule has 0 aliphatic rings. The molecule has 0 unspecified atom stereocenters. The van der Waals surface area contributed by atoms with Crippen molar-refractivity contribution in [1.82, 2.24) is 14.8 Å². The third-order valence-corrected chi connectivity index (χ3v) is 2.58. The topological polar surface area (TPSA) is 52.0 Å². The molecule has 5 heteroatoms. The molecule has 17 heavy (non-hydrogen) atoms. The molecule has 0 bridgehead atoms. The Balaban J connectivity index is 2.02. The molecule has 2 aromatic rings. The number of nitrogens with one attached hydrogen (secondary N) is 1. The van der Waals surface area contributed by atoms with Crippen LogP contribution in [0.5, 0.6) is 5.75 Å². The molecule has 1 heterocycles. The van der Waals surface area contributed by atoms with Gasteiger partial charge in [-0.25, -0.2) is 0 Å². The minimum Gasteiger partial charge on any atom is -0.486 e. The maximum atomic E-state index is 5.63. The fraction of sp³-hybridized carbons (Fsp3) is 0.333. The minimum absolute atomic E-state index is 0.411. The zero-order chi connectivity index (χ0) is 12.3. The molecule has 90 valence electrons. The highest BCUT2D eigenvalue weighted by molar-refractivity contribution is 5.27. The van der Waals surface area contributed by atoms with E-state index in [0.717, 1.165) is 17.5 Å². The van der Waals surface area contributed by atoms with E-state index in [-0.39, 0.29) is 0 Å². The lowest BCUT2D eigenvalue weighted by molar-refractivity contribution is 0.291. The second kappa shape index (κ2) is 4.86. The fourth-order valence-electron chi connectivity index (χ4n) is 1.49. The summed E-state index contributed by atoms with van der Waals surface area (Å²) in [7, 11) is 3.72. The lowest BCUT2D eigenvalue weighted by Gasteiger charge is -2.06. The van der Waals surface area contributed by atoms with Crippen molar-refractivity contribution in [1.29, 1.82) is 0 Å². The summed E-state index contributed by atoms with van der Waals surface area (Å²) < 4.78 is 7.50. The molecular formula is C12H16N4O. The number of anilines is 1. The van der Waals surface area contributed by atoms with Gasteiger partial charge < -0.3 is 10.1 Å². The molecule has 1 aromatic heterocycles. The van der Waals surface area contributed by atoms with E-state index in [1.54, 1.807) is 0 Å². The molecule has 0 saturated carbocycles. The standard InChI is InChI=1S/C12H16N4O/c1-9-4-6-10(7-5-9)17-8-11-14-15-12(13-2)16(11)3/h4-7H,8H2,1-3H3,(H,13,15). The van der Waals surface area contributed by atoms with Crippen LogP contribution in [-0.2, 0) is 13.7 Å². The van der Waals surface area contributed by atoms with Gasteiger partial charge in [-0.15, -0.1) is 10.2 Å². The second-order valence-electron chi connectivity index (χ2n) is 3.85. The summed E-state index contributed by atoms with van der Waals surface area (Å²) in [5.74, 6) is 2.35. The van der Waals surface area contributed by atoms with Crippen molar-refractivity contribution in [2.75, 3.05) is 12.4 Å². The van der Waals surface area contributed by atoms with E-state index in [9.17, 15) is 0 Å². The second-order valence-corrected chi connectivity index (χ2v) is 3.85. The molecule has 1 aromatic carbocycles. The summed E-state index contributed by atoms with van der Waals surface area (Å²) in [6.45, 7) is 2.46. The largest absolute Gasteiger partial charge is 0.486 e. The Morgan fingerprint density at radius 2 is 1.94 bits per heavy atom. The van der Waals surface area contributed by atoms with Crippen LogP contribution in [-0.4, -0.2) is 21.8 Å². The van der Waals surface area contributed by atoms with Crippen molar-refractivity contribution < 1.29 is 4.74 Å². The Kier molecular flexibility index (Phi) is 3.27. The highest BCUT2D eigenvalue weighted by Crippen LogP contribution is 2.13. The van der Waals surface area contributed by atoms with Gasteiger partial charge in [0, 0.05) is 14.1 Å². The number of benzene rings is 1. The summed E-state index contributed by atoms with van der Waals surface area (Å²) >= 11 is 0. The van der Waals surface area contributed by atoms with Gasteiger partial charge in [-0.2, -0.15) is 0 Å². The first-order chi connectivity index (χ1) is 8.20. The Morgan fingerprint density at radius 1 is 1.24 bits per heavy atom. The maximum Gasteiger partial charge on any atom is 0.224 e. The lowest BCUT2D eigenvalue weighted by atomic mass is 10.2. The summed E-state index contributed by atoms with van der Waals surface area (Å²) in [5.41, 5.74) is 1.22. The zero-order valence-electron chi connectivity index (χ0n) is 10.3. The first-order valence-corrected chi connectivity index (χ1v) is 5.46. The van der Waals surface area contributed by atoms with Gasteiger partial charge in [0.15, 0.2) is 5.82 Å². The molecule has 0 atom stereocenters. The average Bonchev–Trinajstić information content (AvgIpc) is 2.69. The van der Waals surface area contributed by atoms with Crippen LogP contribution in [0.2, 0.25) is 0 Å². The number of hydrogen-bond acceptors (Lipinski definition) is 4. The summed E-state index contributed by atoms with van der Waals surface area (Å²) in [6, 6.07) is 7.94. The molecular weight excluding hydrogens is 216 g/mol. The van der Waals surface area contributed by atoms with E-state index in [4.69, 9.17) is 4.74 Å². The molecule has 0 fully saturated rings. The number of rotatable bonds is 4. The van der Waals surface area contributed by atoms with Crippen LogP contribution in [0, 0.1) is 6.92 Å². The van der Waals surface area contributed by atoms with Crippen LogP contribution in [0.15, 0.2) is 24.3 Å². The van der Waals surface area contributed by atoms with Crippen LogP contribution in [0.1, 0.15) is 11.4 Å². The molecule has 0 amide bonds. The van der Waals surface area contributed by atoms with Crippen molar-refractivity contribution in [3.63, 3.8) is 0 Å². The van der Waals surface area contributed by atoms with Crippen LogP contribution in [0.4, 0.5) is 5.95 Å². The summed E-state index contributed by atoms with van der Waals surface area (Å²) in [6.07, 6.45) is 0. The number of ether oxygens (including phenoxy) is 1. The normalized spacial score (nSPS) is 10.3. The van der Waals surface area contributed by atoms with Gasteiger partial charge >= 0.3 is 0 Å². The lowest BCUT2D eigenvalue weighted by Crippen LogP contribution is -2.05. The van der Waals surface area contributed by atoms with E-state index in [0.29, 0.717) is 6.61 Å². The smallest absolute Gasteiger partial charge is 0.224 e. The maximum absolute atomic E-state index is 5.63. The number of aromatic nitrogens is 3.